The van der Waals surface area contributed by atoms with Crippen molar-refractivity contribution in [2.24, 2.45) is 0 Å². The zero-order valence-electron chi connectivity index (χ0n) is 6.47. The van der Waals surface area contributed by atoms with E-state index in [1.54, 1.807) is 6.07 Å². The molecule has 0 bridgehead atoms. The highest BCUT2D eigenvalue weighted by atomic mass is 32.2. The van der Waals surface area contributed by atoms with Crippen LogP contribution in [0.4, 0.5) is 4.39 Å². The standard InChI is InChI=1S/C8H7FN2S/c1-12-7-3-2-6-5(8(7)9)4-10-11-6/h2-4H,1H3,(H,10,11). The van der Waals surface area contributed by atoms with Crippen LogP contribution in [0.3, 0.4) is 0 Å². The molecule has 2 rings (SSSR count). The number of aromatic nitrogens is 2. The van der Waals surface area contributed by atoms with Crippen molar-refractivity contribution in [2.45, 2.75) is 4.90 Å². The first-order valence-electron chi connectivity index (χ1n) is 3.48. The summed E-state index contributed by atoms with van der Waals surface area (Å²) in [4.78, 5) is 0.656. The van der Waals surface area contributed by atoms with Gasteiger partial charge in [-0.1, -0.05) is 0 Å². The van der Waals surface area contributed by atoms with Gasteiger partial charge < -0.3 is 0 Å². The van der Waals surface area contributed by atoms with Crippen LogP contribution in [0.25, 0.3) is 10.9 Å². The average molecular weight is 182 g/mol. The molecule has 62 valence electrons. The van der Waals surface area contributed by atoms with Crippen molar-refractivity contribution in [3.05, 3.63) is 24.1 Å². The summed E-state index contributed by atoms with van der Waals surface area (Å²) in [6, 6.07) is 3.58. The highest BCUT2D eigenvalue weighted by Gasteiger charge is 2.06. The average Bonchev–Trinajstić information content (AvgIpc) is 2.53. The molecule has 0 unspecified atom stereocenters. The molecular formula is C8H7FN2S. The SMILES string of the molecule is CSc1ccc2[nH]ncc2c1F. The molecule has 2 nitrogen and oxygen atoms in total. The maximum absolute atomic E-state index is 13.4. The van der Waals surface area contributed by atoms with Crippen molar-refractivity contribution in [3.8, 4) is 0 Å². The van der Waals surface area contributed by atoms with Gasteiger partial charge in [-0.2, -0.15) is 5.10 Å². The Kier molecular flexibility index (Phi) is 1.77. The molecule has 0 aliphatic rings. The zero-order valence-corrected chi connectivity index (χ0v) is 7.28. The molecule has 0 fully saturated rings. The van der Waals surface area contributed by atoms with E-state index in [9.17, 15) is 4.39 Å². The van der Waals surface area contributed by atoms with Crippen LogP contribution in [0.2, 0.25) is 0 Å². The minimum absolute atomic E-state index is 0.186. The first-order valence-corrected chi connectivity index (χ1v) is 4.71. The third-order valence-corrected chi connectivity index (χ3v) is 2.50. The number of rotatable bonds is 1. The molecule has 1 aromatic carbocycles. The lowest BCUT2D eigenvalue weighted by atomic mass is 10.2. The normalized spacial score (nSPS) is 10.8. The van der Waals surface area contributed by atoms with Gasteiger partial charge in [0.15, 0.2) is 0 Å². The molecular weight excluding hydrogens is 175 g/mol. The number of halogens is 1. The molecule has 2 aromatic rings. The van der Waals surface area contributed by atoms with Gasteiger partial charge in [0.1, 0.15) is 5.82 Å². The van der Waals surface area contributed by atoms with E-state index < -0.39 is 0 Å². The summed E-state index contributed by atoms with van der Waals surface area (Å²) in [5, 5.41) is 7.03. The van der Waals surface area contributed by atoms with Crippen molar-refractivity contribution in [1.82, 2.24) is 10.2 Å². The van der Waals surface area contributed by atoms with Crippen molar-refractivity contribution < 1.29 is 4.39 Å². The Morgan fingerprint density at radius 2 is 2.33 bits per heavy atom. The third-order valence-electron chi connectivity index (χ3n) is 1.74. The number of nitrogens with zero attached hydrogens (tertiary/aromatic N) is 1. The minimum Gasteiger partial charge on any atom is -0.278 e. The molecule has 0 saturated heterocycles. The second-order valence-corrected chi connectivity index (χ2v) is 3.26. The Morgan fingerprint density at radius 1 is 1.50 bits per heavy atom. The number of hydrogen-bond acceptors (Lipinski definition) is 2. The van der Waals surface area contributed by atoms with Gasteiger partial charge in [-0.15, -0.1) is 11.8 Å². The molecule has 0 radical (unpaired) electrons. The van der Waals surface area contributed by atoms with E-state index in [1.165, 1.54) is 18.0 Å². The molecule has 0 aliphatic carbocycles. The molecule has 0 atom stereocenters. The predicted molar refractivity (Wildman–Crippen MR) is 47.8 cm³/mol. The van der Waals surface area contributed by atoms with Crippen molar-refractivity contribution in [3.63, 3.8) is 0 Å². The minimum atomic E-state index is -0.186. The molecule has 0 aliphatic heterocycles. The molecule has 1 heterocycles. The number of nitrogens with one attached hydrogen (secondary N) is 1. The largest absolute Gasteiger partial charge is 0.278 e. The molecule has 0 saturated carbocycles. The first-order chi connectivity index (χ1) is 5.83. The second kappa shape index (κ2) is 2.79. The third kappa shape index (κ3) is 0.992. The fourth-order valence-corrected chi connectivity index (χ4v) is 1.61. The van der Waals surface area contributed by atoms with Crippen LogP contribution in [-0.2, 0) is 0 Å². The van der Waals surface area contributed by atoms with Gasteiger partial charge in [0.05, 0.1) is 17.1 Å². The van der Waals surface area contributed by atoms with Gasteiger partial charge in [0.2, 0.25) is 0 Å². The van der Waals surface area contributed by atoms with E-state index in [0.717, 1.165) is 5.52 Å². The van der Waals surface area contributed by atoms with Gasteiger partial charge in [-0.25, -0.2) is 4.39 Å². The number of thioether (sulfide) groups is 1. The van der Waals surface area contributed by atoms with Gasteiger partial charge in [-0.3, -0.25) is 5.10 Å². The Bertz CT molecular complexity index is 410. The van der Waals surface area contributed by atoms with Gasteiger partial charge in [0, 0.05) is 4.90 Å². The second-order valence-electron chi connectivity index (χ2n) is 2.41. The first kappa shape index (κ1) is 7.61. The van der Waals surface area contributed by atoms with Crippen molar-refractivity contribution >= 4 is 22.7 Å². The lowest BCUT2D eigenvalue weighted by molar-refractivity contribution is 0.615. The molecule has 1 aromatic heterocycles. The number of aromatic amines is 1. The Balaban J connectivity index is 2.78. The van der Waals surface area contributed by atoms with Crippen LogP contribution >= 0.6 is 11.8 Å². The highest BCUT2D eigenvalue weighted by Crippen LogP contribution is 2.25. The summed E-state index contributed by atoms with van der Waals surface area (Å²) >= 11 is 1.40. The molecule has 1 N–H and O–H groups in total. The van der Waals surface area contributed by atoms with E-state index in [0.29, 0.717) is 10.3 Å². The number of benzene rings is 1. The van der Waals surface area contributed by atoms with E-state index in [2.05, 4.69) is 10.2 Å². The summed E-state index contributed by atoms with van der Waals surface area (Å²) in [6.45, 7) is 0. The molecule has 0 amide bonds. The van der Waals surface area contributed by atoms with Crippen LogP contribution in [0.5, 0.6) is 0 Å². The summed E-state index contributed by atoms with van der Waals surface area (Å²) < 4.78 is 13.4. The maximum atomic E-state index is 13.4. The quantitative estimate of drug-likeness (QED) is 0.686. The van der Waals surface area contributed by atoms with Crippen LogP contribution in [0.15, 0.2) is 23.2 Å². The fraction of sp³-hybridized carbons (Fsp3) is 0.125. The fourth-order valence-electron chi connectivity index (χ4n) is 1.12. The topological polar surface area (TPSA) is 28.7 Å². The van der Waals surface area contributed by atoms with Crippen molar-refractivity contribution in [2.75, 3.05) is 6.26 Å². The summed E-state index contributed by atoms with van der Waals surface area (Å²) in [5.74, 6) is -0.186. The number of H-pyrrole nitrogens is 1. The Hall–Kier alpha value is -1.03. The summed E-state index contributed by atoms with van der Waals surface area (Å²) in [7, 11) is 0. The lowest BCUT2D eigenvalue weighted by Crippen LogP contribution is -1.80. The molecule has 12 heavy (non-hydrogen) atoms. The zero-order chi connectivity index (χ0) is 8.55. The predicted octanol–water partition coefficient (Wildman–Crippen LogP) is 2.42. The van der Waals surface area contributed by atoms with Crippen molar-refractivity contribution in [1.29, 1.82) is 0 Å². The van der Waals surface area contributed by atoms with Crippen LogP contribution in [-0.4, -0.2) is 16.5 Å². The summed E-state index contributed by atoms with van der Waals surface area (Å²) in [6.07, 6.45) is 3.36. The summed E-state index contributed by atoms with van der Waals surface area (Å²) in [5.41, 5.74) is 0.741. The smallest absolute Gasteiger partial charge is 0.147 e. The van der Waals surface area contributed by atoms with E-state index in [-0.39, 0.29) is 5.82 Å². The Morgan fingerprint density at radius 3 is 3.08 bits per heavy atom. The maximum Gasteiger partial charge on any atom is 0.147 e. The van der Waals surface area contributed by atoms with Crippen LogP contribution < -0.4 is 0 Å². The van der Waals surface area contributed by atoms with Crippen LogP contribution in [0.1, 0.15) is 0 Å². The van der Waals surface area contributed by atoms with E-state index in [4.69, 9.17) is 0 Å². The highest BCUT2D eigenvalue weighted by molar-refractivity contribution is 7.98. The van der Waals surface area contributed by atoms with Gasteiger partial charge in [0.25, 0.3) is 0 Å². The van der Waals surface area contributed by atoms with Gasteiger partial charge in [-0.05, 0) is 18.4 Å². The number of hydrogen-bond donors (Lipinski definition) is 1. The number of fused-ring (bicyclic) bond motifs is 1. The van der Waals surface area contributed by atoms with E-state index in [1.807, 2.05) is 12.3 Å². The molecule has 0 spiro atoms. The van der Waals surface area contributed by atoms with Crippen LogP contribution in [0, 0.1) is 5.82 Å². The van der Waals surface area contributed by atoms with E-state index >= 15 is 0 Å². The molecule has 4 heteroatoms. The lowest BCUT2D eigenvalue weighted by Gasteiger charge is -1.98. The van der Waals surface area contributed by atoms with Gasteiger partial charge >= 0.3 is 0 Å². The Labute approximate surface area is 73.2 Å². The monoisotopic (exact) mass is 182 g/mol.